The number of hydrogen-bond donors (Lipinski definition) is 1. The average molecular weight is 238 g/mol. The molecular formula is C10H8BrNO. The summed E-state index contributed by atoms with van der Waals surface area (Å²) in [5.41, 5.74) is 1.08. The number of hydrogen-bond acceptors (Lipinski definition) is 1. The van der Waals surface area contributed by atoms with Crippen LogP contribution in [0.25, 0.3) is 10.8 Å². The van der Waals surface area contributed by atoms with E-state index in [2.05, 4.69) is 20.9 Å². The van der Waals surface area contributed by atoms with Gasteiger partial charge in [-0.25, -0.2) is 0 Å². The van der Waals surface area contributed by atoms with Crippen molar-refractivity contribution in [2.45, 2.75) is 6.92 Å². The van der Waals surface area contributed by atoms with Gasteiger partial charge in [0.15, 0.2) is 0 Å². The van der Waals surface area contributed by atoms with Crippen molar-refractivity contribution in [2.24, 2.45) is 0 Å². The van der Waals surface area contributed by atoms with E-state index in [4.69, 9.17) is 0 Å². The van der Waals surface area contributed by atoms with Gasteiger partial charge in [0, 0.05) is 16.7 Å². The number of halogens is 1. The predicted molar refractivity (Wildman–Crippen MR) is 57.0 cm³/mol. The first-order chi connectivity index (χ1) is 6.16. The van der Waals surface area contributed by atoms with Crippen LogP contribution in [0, 0.1) is 6.92 Å². The maximum absolute atomic E-state index is 11.0. The normalized spacial score (nSPS) is 10.6. The van der Waals surface area contributed by atoms with Crippen molar-refractivity contribution < 1.29 is 0 Å². The van der Waals surface area contributed by atoms with E-state index < -0.39 is 0 Å². The molecule has 1 aromatic carbocycles. The molecule has 1 N–H and O–H groups in total. The van der Waals surface area contributed by atoms with Gasteiger partial charge in [-0.05, 0) is 29.3 Å². The van der Waals surface area contributed by atoms with Crippen molar-refractivity contribution in [3.05, 3.63) is 44.8 Å². The first-order valence-corrected chi connectivity index (χ1v) is 4.75. The molecule has 0 amide bonds. The smallest absolute Gasteiger partial charge is 0.248 e. The summed E-state index contributed by atoms with van der Waals surface area (Å²) in [6.45, 7) is 2.00. The molecule has 0 saturated carbocycles. The highest BCUT2D eigenvalue weighted by atomic mass is 79.9. The highest BCUT2D eigenvalue weighted by Crippen LogP contribution is 2.21. The third kappa shape index (κ3) is 1.52. The van der Waals surface area contributed by atoms with Crippen LogP contribution in [0.1, 0.15) is 5.56 Å². The van der Waals surface area contributed by atoms with Crippen molar-refractivity contribution in [2.75, 3.05) is 0 Å². The summed E-state index contributed by atoms with van der Waals surface area (Å²) in [5, 5.41) is 2.02. The van der Waals surface area contributed by atoms with Gasteiger partial charge in [-0.2, -0.15) is 0 Å². The van der Waals surface area contributed by atoms with Gasteiger partial charge in [0.05, 0.1) is 0 Å². The highest BCUT2D eigenvalue weighted by molar-refractivity contribution is 9.10. The van der Waals surface area contributed by atoms with Crippen molar-refractivity contribution in [3.63, 3.8) is 0 Å². The summed E-state index contributed by atoms with van der Waals surface area (Å²) in [5.74, 6) is 0. The van der Waals surface area contributed by atoms with Gasteiger partial charge in [0.1, 0.15) is 0 Å². The molecule has 0 atom stereocenters. The van der Waals surface area contributed by atoms with Crippen LogP contribution < -0.4 is 5.56 Å². The van der Waals surface area contributed by atoms with Gasteiger partial charge < -0.3 is 4.98 Å². The quantitative estimate of drug-likeness (QED) is 0.751. The van der Waals surface area contributed by atoms with E-state index in [1.54, 1.807) is 12.3 Å². The molecule has 3 heteroatoms. The molecule has 0 bridgehead atoms. The number of aryl methyl sites for hydroxylation is 1. The zero-order valence-corrected chi connectivity index (χ0v) is 8.68. The number of aromatic nitrogens is 1. The predicted octanol–water partition coefficient (Wildman–Crippen LogP) is 2.60. The van der Waals surface area contributed by atoms with E-state index in [1.807, 2.05) is 19.1 Å². The Morgan fingerprint density at radius 1 is 1.23 bits per heavy atom. The van der Waals surface area contributed by atoms with Crippen LogP contribution in [0.3, 0.4) is 0 Å². The van der Waals surface area contributed by atoms with Crippen LogP contribution in [0.5, 0.6) is 0 Å². The summed E-state index contributed by atoms with van der Waals surface area (Å²) >= 11 is 3.44. The number of H-pyrrole nitrogens is 1. The second kappa shape index (κ2) is 3.00. The molecule has 0 radical (unpaired) electrons. The summed E-state index contributed by atoms with van der Waals surface area (Å²) < 4.78 is 1.06. The van der Waals surface area contributed by atoms with E-state index in [0.29, 0.717) is 0 Å². The van der Waals surface area contributed by atoms with Gasteiger partial charge in [-0.3, -0.25) is 4.79 Å². The molecule has 66 valence electrons. The number of rotatable bonds is 0. The zero-order chi connectivity index (χ0) is 9.42. The number of fused-ring (bicyclic) bond motifs is 1. The molecule has 2 rings (SSSR count). The van der Waals surface area contributed by atoms with Gasteiger partial charge in [-0.1, -0.05) is 22.0 Å². The first kappa shape index (κ1) is 8.51. The van der Waals surface area contributed by atoms with Gasteiger partial charge >= 0.3 is 0 Å². The molecule has 2 aromatic rings. The molecule has 1 aromatic heterocycles. The Morgan fingerprint density at radius 2 is 2.00 bits per heavy atom. The summed E-state index contributed by atoms with van der Waals surface area (Å²) in [4.78, 5) is 13.7. The van der Waals surface area contributed by atoms with E-state index in [0.717, 1.165) is 20.8 Å². The first-order valence-electron chi connectivity index (χ1n) is 3.95. The van der Waals surface area contributed by atoms with Crippen LogP contribution in [0.2, 0.25) is 0 Å². The second-order valence-corrected chi connectivity index (χ2v) is 3.88. The maximum atomic E-state index is 11.0. The number of pyridine rings is 1. The lowest BCUT2D eigenvalue weighted by atomic mass is 10.1. The number of nitrogens with one attached hydrogen (secondary N) is 1. The lowest BCUT2D eigenvalue weighted by molar-refractivity contribution is 1.26. The van der Waals surface area contributed by atoms with Crippen molar-refractivity contribution in [1.29, 1.82) is 0 Å². The fourth-order valence-electron chi connectivity index (χ4n) is 1.30. The fraction of sp³-hybridized carbons (Fsp3) is 0.100. The Balaban J connectivity index is 2.89. The maximum Gasteiger partial charge on any atom is 0.248 e. The minimum Gasteiger partial charge on any atom is -0.328 e. The van der Waals surface area contributed by atoms with Crippen LogP contribution in [0.15, 0.2) is 33.7 Å². The monoisotopic (exact) mass is 237 g/mol. The minimum absolute atomic E-state index is 0.0609. The molecule has 0 aliphatic carbocycles. The molecule has 13 heavy (non-hydrogen) atoms. The Labute approximate surface area is 83.7 Å². The molecule has 2 nitrogen and oxygen atoms in total. The number of benzene rings is 1. The van der Waals surface area contributed by atoms with Gasteiger partial charge in [0.25, 0.3) is 0 Å². The van der Waals surface area contributed by atoms with Crippen molar-refractivity contribution in [1.82, 2.24) is 4.98 Å². The molecular weight excluding hydrogens is 230 g/mol. The standard InChI is InChI=1S/C10H8BrNO/c1-6-2-7-4-10(13)12-5-8(7)3-9(6)11/h2-5H,1H3,(H,12,13). The average Bonchev–Trinajstić information content (AvgIpc) is 2.08. The summed E-state index contributed by atoms with van der Waals surface area (Å²) in [6.07, 6.45) is 1.72. The third-order valence-corrected chi connectivity index (χ3v) is 2.88. The highest BCUT2D eigenvalue weighted by Gasteiger charge is 1.98. The van der Waals surface area contributed by atoms with Crippen LogP contribution in [0.4, 0.5) is 0 Å². The van der Waals surface area contributed by atoms with Crippen LogP contribution >= 0.6 is 15.9 Å². The molecule has 0 spiro atoms. The molecule has 0 aliphatic rings. The van der Waals surface area contributed by atoms with Gasteiger partial charge in [-0.15, -0.1) is 0 Å². The second-order valence-electron chi connectivity index (χ2n) is 3.03. The van der Waals surface area contributed by atoms with E-state index >= 15 is 0 Å². The Bertz CT molecular complexity index is 516. The molecule has 0 unspecified atom stereocenters. The topological polar surface area (TPSA) is 32.9 Å². The summed E-state index contributed by atoms with van der Waals surface area (Å²) in [6, 6.07) is 5.60. The number of aromatic amines is 1. The van der Waals surface area contributed by atoms with Crippen LogP contribution in [-0.2, 0) is 0 Å². The van der Waals surface area contributed by atoms with E-state index in [9.17, 15) is 4.79 Å². The zero-order valence-electron chi connectivity index (χ0n) is 7.10. The lowest BCUT2D eigenvalue weighted by Crippen LogP contribution is -2.01. The summed E-state index contributed by atoms with van der Waals surface area (Å²) in [7, 11) is 0. The van der Waals surface area contributed by atoms with Crippen molar-refractivity contribution >= 4 is 26.7 Å². The SMILES string of the molecule is Cc1cc2cc(=O)[nH]cc2cc1Br. The van der Waals surface area contributed by atoms with Crippen LogP contribution in [-0.4, -0.2) is 4.98 Å². The van der Waals surface area contributed by atoms with Gasteiger partial charge in [0.2, 0.25) is 5.56 Å². The van der Waals surface area contributed by atoms with Crippen molar-refractivity contribution in [3.8, 4) is 0 Å². The fourth-order valence-corrected chi connectivity index (χ4v) is 1.66. The Hall–Kier alpha value is -1.09. The third-order valence-electron chi connectivity index (χ3n) is 2.02. The van der Waals surface area contributed by atoms with E-state index in [1.165, 1.54) is 0 Å². The molecule has 0 saturated heterocycles. The minimum atomic E-state index is -0.0609. The van der Waals surface area contributed by atoms with E-state index in [-0.39, 0.29) is 5.56 Å². The largest absolute Gasteiger partial charge is 0.328 e. The lowest BCUT2D eigenvalue weighted by Gasteiger charge is -2.00. The Morgan fingerprint density at radius 3 is 2.77 bits per heavy atom. The molecule has 0 aliphatic heterocycles. The Kier molecular flexibility index (Phi) is 1.96. The molecule has 1 heterocycles. The molecule has 0 fully saturated rings.